The predicted molar refractivity (Wildman–Crippen MR) is 93.9 cm³/mol. The van der Waals surface area contributed by atoms with E-state index in [9.17, 15) is 13.9 Å². The molecule has 0 unspecified atom stereocenters. The number of benzene rings is 1. The fourth-order valence-corrected chi connectivity index (χ4v) is 2.86. The Morgan fingerprint density at radius 3 is 2.68 bits per heavy atom. The van der Waals surface area contributed by atoms with Gasteiger partial charge in [0.25, 0.3) is 0 Å². The van der Waals surface area contributed by atoms with Crippen molar-refractivity contribution in [2.75, 3.05) is 26.2 Å². The molecule has 3 N–H and O–H groups in total. The van der Waals surface area contributed by atoms with Gasteiger partial charge in [-0.25, -0.2) is 8.78 Å². The van der Waals surface area contributed by atoms with E-state index in [4.69, 9.17) is 4.74 Å². The lowest BCUT2D eigenvalue weighted by Crippen LogP contribution is -2.42. The number of nitrogens with zero attached hydrogens (tertiary/aromatic N) is 1. The minimum Gasteiger partial charge on any atom is -0.489 e. The van der Waals surface area contributed by atoms with Crippen LogP contribution >= 0.6 is 0 Å². The first kappa shape index (κ1) is 19.4. The quantitative estimate of drug-likeness (QED) is 0.400. The van der Waals surface area contributed by atoms with E-state index in [1.165, 1.54) is 12.5 Å². The number of nitrogens with one attached hydrogen (secondary N) is 2. The minimum absolute atomic E-state index is 0.0154. The van der Waals surface area contributed by atoms with Gasteiger partial charge in [-0.1, -0.05) is 19.3 Å². The van der Waals surface area contributed by atoms with E-state index in [-0.39, 0.29) is 12.4 Å². The highest BCUT2D eigenvalue weighted by molar-refractivity contribution is 5.79. The van der Waals surface area contributed by atoms with Crippen molar-refractivity contribution in [2.45, 2.75) is 44.6 Å². The van der Waals surface area contributed by atoms with Gasteiger partial charge in [0.2, 0.25) is 0 Å². The zero-order chi connectivity index (χ0) is 18.1. The highest BCUT2D eigenvalue weighted by Crippen LogP contribution is 2.28. The van der Waals surface area contributed by atoms with Crippen LogP contribution in [0.15, 0.2) is 23.2 Å². The first-order valence-corrected chi connectivity index (χ1v) is 8.85. The molecule has 0 radical (unpaired) electrons. The van der Waals surface area contributed by atoms with E-state index in [1.54, 1.807) is 0 Å². The van der Waals surface area contributed by atoms with E-state index in [0.29, 0.717) is 25.6 Å². The van der Waals surface area contributed by atoms with Crippen LogP contribution in [0, 0.1) is 11.6 Å². The number of rotatable bonds is 7. The molecule has 1 aromatic rings. The van der Waals surface area contributed by atoms with Crippen LogP contribution in [0.1, 0.15) is 39.0 Å². The molecule has 1 aromatic carbocycles. The summed E-state index contributed by atoms with van der Waals surface area (Å²) in [5.41, 5.74) is -0.714. The largest absolute Gasteiger partial charge is 0.489 e. The summed E-state index contributed by atoms with van der Waals surface area (Å²) in [6.45, 7) is 3.61. The highest BCUT2D eigenvalue weighted by Gasteiger charge is 2.28. The Morgan fingerprint density at radius 2 is 2.00 bits per heavy atom. The molecule has 5 nitrogen and oxygen atoms in total. The molecule has 0 aromatic heterocycles. The molecule has 1 fully saturated rings. The summed E-state index contributed by atoms with van der Waals surface area (Å²) in [7, 11) is 0. The van der Waals surface area contributed by atoms with Crippen molar-refractivity contribution < 1.29 is 18.6 Å². The summed E-state index contributed by atoms with van der Waals surface area (Å²) < 4.78 is 31.6. The molecule has 2 rings (SSSR count). The van der Waals surface area contributed by atoms with Crippen molar-refractivity contribution in [3.8, 4) is 5.75 Å². The lowest BCUT2D eigenvalue weighted by molar-refractivity contribution is 0.0131. The third-order valence-corrected chi connectivity index (χ3v) is 4.21. The second-order valence-electron chi connectivity index (χ2n) is 6.33. The summed E-state index contributed by atoms with van der Waals surface area (Å²) in [6, 6.07) is 3.21. The summed E-state index contributed by atoms with van der Waals surface area (Å²) in [5, 5.41) is 16.7. The number of hydrogen-bond acceptors (Lipinski definition) is 3. The maximum atomic E-state index is 13.5. The Balaban J connectivity index is 1.79. The van der Waals surface area contributed by atoms with E-state index in [2.05, 4.69) is 15.6 Å². The Bertz CT molecular complexity index is 575. The molecule has 0 bridgehead atoms. The second-order valence-corrected chi connectivity index (χ2v) is 6.33. The molecule has 25 heavy (non-hydrogen) atoms. The van der Waals surface area contributed by atoms with Crippen LogP contribution in [0.4, 0.5) is 8.78 Å². The summed E-state index contributed by atoms with van der Waals surface area (Å²) >= 11 is 0. The van der Waals surface area contributed by atoms with Crippen LogP contribution in [0.3, 0.4) is 0 Å². The topological polar surface area (TPSA) is 65.9 Å². The third kappa shape index (κ3) is 6.49. The van der Waals surface area contributed by atoms with Gasteiger partial charge in [0, 0.05) is 12.6 Å². The average Bonchev–Trinajstić information content (AvgIpc) is 2.58. The molecule has 140 valence electrons. The van der Waals surface area contributed by atoms with E-state index < -0.39 is 17.2 Å². The zero-order valence-corrected chi connectivity index (χ0v) is 14.7. The lowest BCUT2D eigenvalue weighted by atomic mass is 9.85. The number of aliphatic hydroxyl groups is 1. The molecule has 1 aliphatic carbocycles. The smallest absolute Gasteiger partial charge is 0.191 e. The van der Waals surface area contributed by atoms with Gasteiger partial charge in [0.15, 0.2) is 17.5 Å². The fraction of sp³-hybridized carbons (Fsp3) is 0.611. The van der Waals surface area contributed by atoms with Crippen LogP contribution in [-0.2, 0) is 0 Å². The molecule has 0 aliphatic heterocycles. The van der Waals surface area contributed by atoms with Gasteiger partial charge >= 0.3 is 0 Å². The van der Waals surface area contributed by atoms with Gasteiger partial charge in [-0.15, -0.1) is 0 Å². The first-order valence-electron chi connectivity index (χ1n) is 8.85. The number of ether oxygens (including phenoxy) is 1. The molecule has 0 saturated heterocycles. The van der Waals surface area contributed by atoms with Crippen molar-refractivity contribution in [3.05, 3.63) is 29.8 Å². The normalized spacial score (nSPS) is 17.2. The predicted octanol–water partition coefficient (Wildman–Crippen LogP) is 2.59. The van der Waals surface area contributed by atoms with Crippen molar-refractivity contribution in [3.63, 3.8) is 0 Å². The van der Waals surface area contributed by atoms with Gasteiger partial charge in [0.05, 0.1) is 18.7 Å². The summed E-state index contributed by atoms with van der Waals surface area (Å²) in [5.74, 6) is -0.753. The Hall–Kier alpha value is -1.89. The van der Waals surface area contributed by atoms with Crippen molar-refractivity contribution in [1.29, 1.82) is 0 Å². The maximum Gasteiger partial charge on any atom is 0.191 e. The monoisotopic (exact) mass is 355 g/mol. The van der Waals surface area contributed by atoms with Crippen LogP contribution in [0.2, 0.25) is 0 Å². The van der Waals surface area contributed by atoms with Crippen LogP contribution < -0.4 is 15.4 Å². The highest BCUT2D eigenvalue weighted by atomic mass is 19.1. The SMILES string of the molecule is CCNC(=NCC1(O)CCCCC1)NCCOc1ccc(F)cc1F. The number of guanidine groups is 1. The van der Waals surface area contributed by atoms with Gasteiger partial charge in [-0.05, 0) is 31.9 Å². The Kier molecular flexibility index (Phi) is 7.43. The van der Waals surface area contributed by atoms with Gasteiger partial charge in [-0.3, -0.25) is 4.99 Å². The molecular formula is C18H27F2N3O2. The summed E-state index contributed by atoms with van der Waals surface area (Å²) in [4.78, 5) is 4.45. The number of halogens is 2. The molecule has 1 saturated carbocycles. The summed E-state index contributed by atoms with van der Waals surface area (Å²) in [6.07, 6.45) is 4.80. The Morgan fingerprint density at radius 1 is 1.24 bits per heavy atom. The molecular weight excluding hydrogens is 328 g/mol. The molecule has 7 heteroatoms. The minimum atomic E-state index is -0.722. The van der Waals surface area contributed by atoms with E-state index in [0.717, 1.165) is 37.8 Å². The first-order chi connectivity index (χ1) is 12.0. The fourth-order valence-electron chi connectivity index (χ4n) is 2.86. The molecule has 1 aliphatic rings. The van der Waals surface area contributed by atoms with Crippen molar-refractivity contribution >= 4 is 5.96 Å². The maximum absolute atomic E-state index is 13.5. The van der Waals surface area contributed by atoms with E-state index in [1.807, 2.05) is 6.92 Å². The molecule has 0 atom stereocenters. The third-order valence-electron chi connectivity index (χ3n) is 4.21. The molecule has 0 heterocycles. The molecule has 0 amide bonds. The number of aliphatic imine (C=N–C) groups is 1. The zero-order valence-electron chi connectivity index (χ0n) is 14.7. The van der Waals surface area contributed by atoms with Gasteiger partial charge < -0.3 is 20.5 Å². The Labute approximate surface area is 147 Å². The van der Waals surface area contributed by atoms with Crippen LogP contribution in [-0.4, -0.2) is 42.9 Å². The lowest BCUT2D eigenvalue weighted by Gasteiger charge is -2.30. The number of hydrogen-bond donors (Lipinski definition) is 3. The van der Waals surface area contributed by atoms with Crippen LogP contribution in [0.5, 0.6) is 5.75 Å². The average molecular weight is 355 g/mol. The van der Waals surface area contributed by atoms with E-state index >= 15 is 0 Å². The molecule has 0 spiro atoms. The van der Waals surface area contributed by atoms with Gasteiger partial charge in [0.1, 0.15) is 12.4 Å². The standard InChI is InChI=1S/C18H27F2N3O2/c1-2-21-17(23-13-18(24)8-4-3-5-9-18)22-10-11-25-16-7-6-14(19)12-15(16)20/h6-7,12,24H,2-5,8-11,13H2,1H3,(H2,21,22,23). The van der Waals surface area contributed by atoms with Crippen molar-refractivity contribution in [2.24, 2.45) is 4.99 Å². The van der Waals surface area contributed by atoms with Gasteiger partial charge in [-0.2, -0.15) is 0 Å². The van der Waals surface area contributed by atoms with Crippen molar-refractivity contribution in [1.82, 2.24) is 10.6 Å². The second kappa shape index (κ2) is 9.56. The van der Waals surface area contributed by atoms with Crippen LogP contribution in [0.25, 0.3) is 0 Å².